The molecule has 4 nitrogen and oxygen atoms in total. The van der Waals surface area contributed by atoms with Gasteiger partial charge in [-0.05, 0) is 61.0 Å². The third-order valence-corrected chi connectivity index (χ3v) is 5.72. The van der Waals surface area contributed by atoms with E-state index < -0.39 is 11.0 Å². The number of carbonyl (C=O) groups is 1. The summed E-state index contributed by atoms with van der Waals surface area (Å²) in [6.45, 7) is 2.52. The molecule has 0 saturated carbocycles. The molecule has 0 aliphatic carbocycles. The van der Waals surface area contributed by atoms with Gasteiger partial charge >= 0.3 is 5.97 Å². The van der Waals surface area contributed by atoms with E-state index in [-0.39, 0.29) is 5.97 Å². The average Bonchev–Trinajstić information content (AvgIpc) is 2.74. The van der Waals surface area contributed by atoms with Gasteiger partial charge in [-0.15, -0.1) is 0 Å². The number of anilines is 1. The first-order chi connectivity index (χ1) is 13.6. The molecule has 0 radical (unpaired) electrons. The van der Waals surface area contributed by atoms with Crippen LogP contribution >= 0.6 is 11.6 Å². The number of benzene rings is 3. The summed E-state index contributed by atoms with van der Waals surface area (Å²) >= 11 is 5.98. The molecule has 3 rings (SSSR count). The first-order valence-corrected chi connectivity index (χ1v) is 10.3. The van der Waals surface area contributed by atoms with Crippen LogP contribution in [0.15, 0.2) is 83.8 Å². The number of nitrogens with zero attached hydrogens (tertiary/aromatic N) is 1. The summed E-state index contributed by atoms with van der Waals surface area (Å²) in [5, 5.41) is 0.651. The molecule has 3 aromatic rings. The van der Waals surface area contributed by atoms with Crippen LogP contribution in [0.25, 0.3) is 0 Å². The van der Waals surface area contributed by atoms with Crippen molar-refractivity contribution in [2.45, 2.75) is 18.4 Å². The molecular weight excluding hydrogens is 394 g/mol. The summed E-state index contributed by atoms with van der Waals surface area (Å²) < 4.78 is 20.1. The maximum atomic E-state index is 13.3. The standard InChI is InChI=1S/C22H20ClNO3S/c1-2-27-22(25)18-10-14-20(15-11-18)24(16-17-8-12-19(23)13-9-17)28(26)21-6-4-3-5-7-21/h3-15H,2,16H2,1H3. The van der Waals surface area contributed by atoms with Gasteiger partial charge in [-0.1, -0.05) is 41.9 Å². The Morgan fingerprint density at radius 1 is 0.964 bits per heavy atom. The van der Waals surface area contributed by atoms with E-state index in [9.17, 15) is 9.00 Å². The van der Waals surface area contributed by atoms with Gasteiger partial charge in [0.05, 0.1) is 29.3 Å². The third-order valence-electron chi connectivity index (χ3n) is 4.05. The van der Waals surface area contributed by atoms with Crippen molar-refractivity contribution < 1.29 is 13.7 Å². The Morgan fingerprint density at radius 2 is 1.61 bits per heavy atom. The molecule has 144 valence electrons. The van der Waals surface area contributed by atoms with Gasteiger partial charge in [-0.3, -0.25) is 4.31 Å². The highest BCUT2D eigenvalue weighted by Crippen LogP contribution is 2.24. The molecule has 0 heterocycles. The lowest BCUT2D eigenvalue weighted by Gasteiger charge is -2.24. The minimum atomic E-state index is -1.41. The van der Waals surface area contributed by atoms with Gasteiger partial charge < -0.3 is 4.74 Å². The molecule has 0 saturated heterocycles. The average molecular weight is 414 g/mol. The van der Waals surface area contributed by atoms with Crippen LogP contribution in [0.1, 0.15) is 22.8 Å². The SMILES string of the molecule is CCOC(=O)c1ccc(N(Cc2ccc(Cl)cc2)S(=O)c2ccccc2)cc1. The predicted octanol–water partition coefficient (Wildman–Crippen LogP) is 5.25. The van der Waals surface area contributed by atoms with Gasteiger partial charge in [0.25, 0.3) is 0 Å². The Bertz CT molecular complexity index is 944. The normalized spacial score (nSPS) is 11.6. The molecular formula is C22H20ClNO3S. The van der Waals surface area contributed by atoms with Crippen LogP contribution < -0.4 is 4.31 Å². The van der Waals surface area contributed by atoms with Crippen LogP contribution in [0.5, 0.6) is 0 Å². The topological polar surface area (TPSA) is 46.6 Å². The van der Waals surface area contributed by atoms with E-state index >= 15 is 0 Å². The number of halogens is 1. The van der Waals surface area contributed by atoms with Gasteiger partial charge in [0, 0.05) is 5.02 Å². The van der Waals surface area contributed by atoms with E-state index in [0.29, 0.717) is 28.6 Å². The second kappa shape index (κ2) is 9.53. The number of hydrogen-bond acceptors (Lipinski definition) is 3. The molecule has 0 aliphatic rings. The van der Waals surface area contributed by atoms with Crippen molar-refractivity contribution >= 4 is 34.2 Å². The second-order valence-corrected chi connectivity index (χ2v) is 7.84. The zero-order chi connectivity index (χ0) is 19.9. The first kappa shape index (κ1) is 20.1. The molecule has 3 aromatic carbocycles. The van der Waals surface area contributed by atoms with E-state index in [0.717, 1.165) is 11.3 Å². The summed E-state index contributed by atoms with van der Waals surface area (Å²) in [5.74, 6) is -0.373. The molecule has 0 spiro atoms. The second-order valence-electron chi connectivity index (χ2n) is 5.99. The predicted molar refractivity (Wildman–Crippen MR) is 113 cm³/mol. The van der Waals surface area contributed by atoms with Crippen molar-refractivity contribution in [3.63, 3.8) is 0 Å². The summed E-state index contributed by atoms with van der Waals surface area (Å²) in [4.78, 5) is 12.6. The lowest BCUT2D eigenvalue weighted by molar-refractivity contribution is 0.0526. The molecule has 0 amide bonds. The maximum Gasteiger partial charge on any atom is 0.338 e. The number of hydrogen-bond donors (Lipinski definition) is 0. The fraction of sp³-hybridized carbons (Fsp3) is 0.136. The molecule has 1 unspecified atom stereocenters. The van der Waals surface area contributed by atoms with E-state index in [1.54, 1.807) is 35.5 Å². The van der Waals surface area contributed by atoms with Crippen LogP contribution in [0.3, 0.4) is 0 Å². The fourth-order valence-corrected chi connectivity index (χ4v) is 3.99. The minimum Gasteiger partial charge on any atom is -0.462 e. The Hall–Kier alpha value is -2.63. The first-order valence-electron chi connectivity index (χ1n) is 8.84. The monoisotopic (exact) mass is 413 g/mol. The number of rotatable bonds is 7. The van der Waals surface area contributed by atoms with Gasteiger partial charge in [0.2, 0.25) is 0 Å². The third kappa shape index (κ3) is 5.00. The van der Waals surface area contributed by atoms with Gasteiger partial charge in [0.1, 0.15) is 0 Å². The molecule has 28 heavy (non-hydrogen) atoms. The van der Waals surface area contributed by atoms with E-state index in [1.807, 2.05) is 54.6 Å². The number of esters is 1. The molecule has 0 bridgehead atoms. The number of carbonyl (C=O) groups excluding carboxylic acids is 1. The van der Waals surface area contributed by atoms with Crippen molar-refractivity contribution in [2.75, 3.05) is 10.9 Å². The van der Waals surface area contributed by atoms with Crippen molar-refractivity contribution in [3.05, 3.63) is 95.0 Å². The minimum absolute atomic E-state index is 0.321. The zero-order valence-electron chi connectivity index (χ0n) is 15.4. The molecule has 0 N–H and O–H groups in total. The van der Waals surface area contributed by atoms with Crippen molar-refractivity contribution in [3.8, 4) is 0 Å². The zero-order valence-corrected chi connectivity index (χ0v) is 17.0. The summed E-state index contributed by atoms with van der Waals surface area (Å²) in [5.41, 5.74) is 2.18. The summed E-state index contributed by atoms with van der Waals surface area (Å²) in [6, 6.07) is 23.6. The lowest BCUT2D eigenvalue weighted by Crippen LogP contribution is -2.25. The summed E-state index contributed by atoms with van der Waals surface area (Å²) in [6.07, 6.45) is 0. The van der Waals surface area contributed by atoms with Crippen molar-refractivity contribution in [1.82, 2.24) is 0 Å². The van der Waals surface area contributed by atoms with Gasteiger partial charge in [0.15, 0.2) is 11.0 Å². The fourth-order valence-electron chi connectivity index (χ4n) is 2.64. The van der Waals surface area contributed by atoms with Crippen LogP contribution in [-0.2, 0) is 22.3 Å². The molecule has 6 heteroatoms. The van der Waals surface area contributed by atoms with Gasteiger partial charge in [-0.2, -0.15) is 0 Å². The van der Waals surface area contributed by atoms with E-state index in [4.69, 9.17) is 16.3 Å². The summed E-state index contributed by atoms with van der Waals surface area (Å²) in [7, 11) is -1.41. The van der Waals surface area contributed by atoms with E-state index in [2.05, 4.69) is 0 Å². The highest BCUT2D eigenvalue weighted by molar-refractivity contribution is 7.86. The smallest absolute Gasteiger partial charge is 0.338 e. The van der Waals surface area contributed by atoms with Gasteiger partial charge in [-0.25, -0.2) is 9.00 Å². The molecule has 0 aliphatic heterocycles. The quantitative estimate of drug-likeness (QED) is 0.497. The highest BCUT2D eigenvalue weighted by atomic mass is 35.5. The molecule has 0 fully saturated rings. The van der Waals surface area contributed by atoms with Crippen LogP contribution in [-0.4, -0.2) is 16.8 Å². The van der Waals surface area contributed by atoms with Crippen LogP contribution in [0.2, 0.25) is 5.02 Å². The number of ether oxygens (including phenoxy) is 1. The lowest BCUT2D eigenvalue weighted by atomic mass is 10.2. The Kier molecular flexibility index (Phi) is 6.85. The Labute approximate surface area is 172 Å². The Morgan fingerprint density at radius 3 is 2.21 bits per heavy atom. The maximum absolute atomic E-state index is 13.3. The largest absolute Gasteiger partial charge is 0.462 e. The highest BCUT2D eigenvalue weighted by Gasteiger charge is 2.17. The Balaban J connectivity index is 1.92. The molecule has 1 atom stereocenters. The molecule has 0 aromatic heterocycles. The van der Waals surface area contributed by atoms with Crippen LogP contribution in [0.4, 0.5) is 5.69 Å². The van der Waals surface area contributed by atoms with E-state index in [1.165, 1.54) is 0 Å². The van der Waals surface area contributed by atoms with Crippen molar-refractivity contribution in [1.29, 1.82) is 0 Å². The van der Waals surface area contributed by atoms with Crippen LogP contribution in [0, 0.1) is 0 Å². The van der Waals surface area contributed by atoms with Crippen molar-refractivity contribution in [2.24, 2.45) is 0 Å².